The Bertz CT molecular complexity index is 1400. The first-order valence-corrected chi connectivity index (χ1v) is 11.8. The monoisotopic (exact) mass is 502 g/mol. The van der Waals surface area contributed by atoms with Crippen LogP contribution in [0.4, 0.5) is 5.69 Å². The van der Waals surface area contributed by atoms with Crippen LogP contribution in [0.2, 0.25) is 0 Å². The second kappa shape index (κ2) is 11.3. The molecule has 182 valence electrons. The van der Waals surface area contributed by atoms with Crippen molar-refractivity contribution in [1.82, 2.24) is 20.2 Å². The number of amides is 1. The molecule has 0 aliphatic heterocycles. The van der Waals surface area contributed by atoms with Gasteiger partial charge in [-0.1, -0.05) is 54.2 Å². The number of non-ortho nitro benzene ring substituents is 1. The fourth-order valence-corrected chi connectivity index (χ4v) is 4.06. The summed E-state index contributed by atoms with van der Waals surface area (Å²) in [6.07, 6.45) is 0. The van der Waals surface area contributed by atoms with Gasteiger partial charge in [0.05, 0.1) is 23.5 Å². The molecule has 0 saturated heterocycles. The lowest BCUT2D eigenvalue weighted by atomic mass is 10.1. The number of hydrogen-bond acceptors (Lipinski definition) is 8. The molecule has 4 aromatic rings. The van der Waals surface area contributed by atoms with Gasteiger partial charge < -0.3 is 4.74 Å². The molecule has 0 saturated carbocycles. The molecule has 3 aromatic carbocycles. The summed E-state index contributed by atoms with van der Waals surface area (Å²) in [7, 11) is 1.60. The van der Waals surface area contributed by atoms with Crippen molar-refractivity contribution < 1.29 is 14.5 Å². The number of nitrogens with one attached hydrogen (secondary N) is 1. The number of benzene rings is 3. The molecule has 0 spiro atoms. The molecule has 4 rings (SSSR count). The second-order valence-corrected chi connectivity index (χ2v) is 8.48. The van der Waals surface area contributed by atoms with E-state index in [0.29, 0.717) is 22.3 Å². The van der Waals surface area contributed by atoms with Crippen LogP contribution < -0.4 is 10.2 Å². The highest BCUT2D eigenvalue weighted by Crippen LogP contribution is 2.28. The summed E-state index contributed by atoms with van der Waals surface area (Å²) in [4.78, 5) is 23.0. The average molecular weight is 503 g/mol. The zero-order valence-electron chi connectivity index (χ0n) is 19.5. The van der Waals surface area contributed by atoms with Gasteiger partial charge in [-0.3, -0.25) is 19.5 Å². The van der Waals surface area contributed by atoms with E-state index in [4.69, 9.17) is 4.74 Å². The van der Waals surface area contributed by atoms with E-state index in [0.717, 1.165) is 17.0 Å². The van der Waals surface area contributed by atoms with Crippen molar-refractivity contribution in [3.8, 4) is 22.8 Å². The summed E-state index contributed by atoms with van der Waals surface area (Å²) >= 11 is 1.22. The maximum absolute atomic E-state index is 12.5. The summed E-state index contributed by atoms with van der Waals surface area (Å²) < 4.78 is 7.14. The minimum atomic E-state index is -0.478. The smallest absolute Gasteiger partial charge is 0.270 e. The van der Waals surface area contributed by atoms with Crippen molar-refractivity contribution in [2.24, 2.45) is 5.10 Å². The van der Waals surface area contributed by atoms with Crippen LogP contribution in [-0.4, -0.2) is 44.2 Å². The van der Waals surface area contributed by atoms with Crippen LogP contribution in [0, 0.1) is 10.1 Å². The van der Waals surface area contributed by atoms with Crippen molar-refractivity contribution in [2.45, 2.75) is 12.1 Å². The Morgan fingerprint density at radius 2 is 1.83 bits per heavy atom. The molecular weight excluding hydrogens is 480 g/mol. The summed E-state index contributed by atoms with van der Waals surface area (Å²) in [5.74, 6) is 1.05. The van der Waals surface area contributed by atoms with E-state index in [9.17, 15) is 14.9 Å². The molecule has 1 amide bonds. The first kappa shape index (κ1) is 24.6. The molecule has 1 aromatic heterocycles. The molecular formula is C25H22N6O4S. The van der Waals surface area contributed by atoms with Gasteiger partial charge in [0.1, 0.15) is 5.75 Å². The van der Waals surface area contributed by atoms with E-state index in [2.05, 4.69) is 20.7 Å². The normalized spacial score (nSPS) is 11.2. The Labute approximate surface area is 211 Å². The number of carbonyl (C=O) groups excluding carboxylic acids is 1. The van der Waals surface area contributed by atoms with Crippen molar-refractivity contribution in [2.75, 3.05) is 12.9 Å². The highest BCUT2D eigenvalue weighted by atomic mass is 32.2. The average Bonchev–Trinajstić information content (AvgIpc) is 3.35. The highest BCUT2D eigenvalue weighted by Gasteiger charge is 2.17. The molecule has 0 atom stereocenters. The lowest BCUT2D eigenvalue weighted by molar-refractivity contribution is -0.384. The first-order chi connectivity index (χ1) is 17.5. The molecule has 1 heterocycles. The van der Waals surface area contributed by atoms with E-state index in [1.54, 1.807) is 26.2 Å². The molecule has 0 aliphatic carbocycles. The lowest BCUT2D eigenvalue weighted by Crippen LogP contribution is -2.21. The molecule has 10 nitrogen and oxygen atoms in total. The van der Waals surface area contributed by atoms with Crippen molar-refractivity contribution in [3.63, 3.8) is 0 Å². The molecule has 11 heteroatoms. The number of methoxy groups -OCH3 is 1. The van der Waals surface area contributed by atoms with Crippen molar-refractivity contribution >= 4 is 29.1 Å². The summed E-state index contributed by atoms with van der Waals surface area (Å²) in [5.41, 5.74) is 5.15. The van der Waals surface area contributed by atoms with Gasteiger partial charge in [-0.15, -0.1) is 10.2 Å². The van der Waals surface area contributed by atoms with Gasteiger partial charge in [-0.25, -0.2) is 5.43 Å². The third-order valence-electron chi connectivity index (χ3n) is 5.15. The van der Waals surface area contributed by atoms with E-state index in [1.165, 1.54) is 23.9 Å². The minimum Gasteiger partial charge on any atom is -0.497 e. The second-order valence-electron chi connectivity index (χ2n) is 7.53. The number of nitro benzene ring substituents is 1. The number of nitrogens with zero attached hydrogens (tertiary/aromatic N) is 5. The highest BCUT2D eigenvalue weighted by molar-refractivity contribution is 7.99. The number of hydrazone groups is 1. The summed E-state index contributed by atoms with van der Waals surface area (Å²) in [6.45, 7) is 1.67. The topological polar surface area (TPSA) is 125 Å². The molecule has 0 fully saturated rings. The van der Waals surface area contributed by atoms with E-state index in [-0.39, 0.29) is 17.3 Å². The lowest BCUT2D eigenvalue weighted by Gasteiger charge is -2.11. The third-order valence-corrected chi connectivity index (χ3v) is 6.08. The summed E-state index contributed by atoms with van der Waals surface area (Å²) in [5, 5.41) is 24.3. The fraction of sp³-hybridized carbons (Fsp3) is 0.120. The summed E-state index contributed by atoms with van der Waals surface area (Å²) in [6, 6.07) is 23.2. The van der Waals surface area contributed by atoms with Crippen molar-refractivity contribution in [3.05, 3.63) is 94.5 Å². The quantitative estimate of drug-likeness (QED) is 0.155. The number of hydrogen-bond donors (Lipinski definition) is 1. The first-order valence-electron chi connectivity index (χ1n) is 10.8. The van der Waals surface area contributed by atoms with Crippen LogP contribution in [0.15, 0.2) is 89.1 Å². The molecule has 0 aliphatic rings. The number of ether oxygens (including phenoxy) is 1. The Morgan fingerprint density at radius 1 is 1.08 bits per heavy atom. The zero-order chi connectivity index (χ0) is 25.5. The van der Waals surface area contributed by atoms with Crippen LogP contribution in [0.3, 0.4) is 0 Å². The number of aromatic nitrogens is 3. The Morgan fingerprint density at radius 3 is 2.53 bits per heavy atom. The van der Waals surface area contributed by atoms with Gasteiger partial charge in [0.15, 0.2) is 11.0 Å². The van der Waals surface area contributed by atoms with Gasteiger partial charge in [-0.05, 0) is 31.2 Å². The standard InChI is InChI=1S/C25H22N6O4S/c1-17(19-9-6-10-21(15-19)31(33)34)26-27-23(32)16-36-25-29-28-24(18-7-4-3-5-8-18)30(25)20-11-13-22(35-2)14-12-20/h3-15H,16H2,1-2H3,(H,27,32)/b26-17+. The Balaban J connectivity index is 1.51. The predicted molar refractivity (Wildman–Crippen MR) is 138 cm³/mol. The molecule has 0 radical (unpaired) electrons. The van der Waals surface area contributed by atoms with Crippen LogP contribution >= 0.6 is 11.8 Å². The van der Waals surface area contributed by atoms with E-state index >= 15 is 0 Å². The van der Waals surface area contributed by atoms with Crippen LogP contribution in [0.5, 0.6) is 5.75 Å². The predicted octanol–water partition coefficient (Wildman–Crippen LogP) is 4.48. The van der Waals surface area contributed by atoms with Crippen LogP contribution in [0.1, 0.15) is 12.5 Å². The van der Waals surface area contributed by atoms with Gasteiger partial charge in [0.25, 0.3) is 11.6 Å². The molecule has 0 unspecified atom stereocenters. The van der Waals surface area contributed by atoms with Crippen LogP contribution in [-0.2, 0) is 4.79 Å². The van der Waals surface area contributed by atoms with E-state index < -0.39 is 4.92 Å². The minimum absolute atomic E-state index is 0.0365. The molecule has 36 heavy (non-hydrogen) atoms. The largest absolute Gasteiger partial charge is 0.497 e. The molecule has 1 N–H and O–H groups in total. The fourth-order valence-electron chi connectivity index (χ4n) is 3.32. The van der Waals surface area contributed by atoms with Gasteiger partial charge in [0.2, 0.25) is 0 Å². The Kier molecular flexibility index (Phi) is 7.71. The number of rotatable bonds is 9. The van der Waals surface area contributed by atoms with Gasteiger partial charge >= 0.3 is 0 Å². The van der Waals surface area contributed by atoms with E-state index in [1.807, 2.05) is 59.2 Å². The number of carbonyl (C=O) groups is 1. The van der Waals surface area contributed by atoms with Gasteiger partial charge in [0, 0.05) is 28.9 Å². The number of nitro groups is 1. The Hall–Kier alpha value is -4.51. The van der Waals surface area contributed by atoms with Gasteiger partial charge in [-0.2, -0.15) is 5.10 Å². The zero-order valence-corrected chi connectivity index (χ0v) is 20.3. The number of thioether (sulfide) groups is 1. The van der Waals surface area contributed by atoms with Crippen molar-refractivity contribution in [1.29, 1.82) is 0 Å². The SMILES string of the molecule is COc1ccc(-n2c(SCC(=O)N/N=C(\C)c3cccc([N+](=O)[O-])c3)nnc2-c2ccccc2)cc1. The molecule has 0 bridgehead atoms. The maximum Gasteiger partial charge on any atom is 0.270 e. The third kappa shape index (κ3) is 5.76. The van der Waals surface area contributed by atoms with Crippen LogP contribution in [0.25, 0.3) is 17.1 Å². The maximum atomic E-state index is 12.5.